The van der Waals surface area contributed by atoms with E-state index in [-0.39, 0.29) is 6.10 Å². The number of aliphatic hydroxyl groups excluding tert-OH is 1. The minimum absolute atomic E-state index is 0.272. The molecule has 96 valence electrons. The molecule has 0 aromatic rings. The zero-order valence-electron chi connectivity index (χ0n) is 10.4. The summed E-state index contributed by atoms with van der Waals surface area (Å²) in [6.45, 7) is 7.32. The first-order chi connectivity index (χ1) is 7.68. The van der Waals surface area contributed by atoms with E-state index < -0.39 is 6.10 Å². The molecule has 0 bridgehead atoms. The summed E-state index contributed by atoms with van der Waals surface area (Å²) in [5.74, 6) is 0.764. The lowest BCUT2D eigenvalue weighted by molar-refractivity contribution is 0.0300. The summed E-state index contributed by atoms with van der Waals surface area (Å²) in [5, 5.41) is 12.7. The molecule has 1 aliphatic carbocycles. The van der Waals surface area contributed by atoms with Crippen molar-refractivity contribution in [3.63, 3.8) is 0 Å². The highest BCUT2D eigenvalue weighted by molar-refractivity contribution is 4.72. The SMILES string of the molecule is CC(C)OCCNCC(O)COCC1CC1. The van der Waals surface area contributed by atoms with Gasteiger partial charge in [-0.2, -0.15) is 0 Å². The maximum atomic E-state index is 9.56. The first kappa shape index (κ1) is 13.9. The predicted octanol–water partition coefficient (Wildman–Crippen LogP) is 0.788. The van der Waals surface area contributed by atoms with Crippen LogP contribution in [0.25, 0.3) is 0 Å². The van der Waals surface area contributed by atoms with E-state index in [9.17, 15) is 5.11 Å². The average Bonchev–Trinajstić information content (AvgIpc) is 3.00. The molecule has 0 aliphatic heterocycles. The maximum absolute atomic E-state index is 9.56. The van der Waals surface area contributed by atoms with Crippen LogP contribution in [0.4, 0.5) is 0 Å². The zero-order valence-corrected chi connectivity index (χ0v) is 10.4. The molecule has 2 N–H and O–H groups in total. The lowest BCUT2D eigenvalue weighted by atomic mass is 10.3. The fourth-order valence-corrected chi connectivity index (χ4v) is 1.35. The van der Waals surface area contributed by atoms with Gasteiger partial charge in [-0.3, -0.25) is 0 Å². The van der Waals surface area contributed by atoms with Gasteiger partial charge in [0.2, 0.25) is 0 Å². The van der Waals surface area contributed by atoms with Gasteiger partial charge in [-0.05, 0) is 32.6 Å². The van der Waals surface area contributed by atoms with Gasteiger partial charge in [0.05, 0.1) is 25.4 Å². The number of rotatable bonds is 10. The van der Waals surface area contributed by atoms with Crippen molar-refractivity contribution < 1.29 is 14.6 Å². The highest BCUT2D eigenvalue weighted by Crippen LogP contribution is 2.28. The lowest BCUT2D eigenvalue weighted by Gasteiger charge is -2.13. The number of hydrogen-bond acceptors (Lipinski definition) is 4. The fraction of sp³-hybridized carbons (Fsp3) is 1.00. The molecular formula is C12H25NO3. The second kappa shape index (κ2) is 8.01. The molecule has 0 amide bonds. The molecule has 1 aliphatic rings. The van der Waals surface area contributed by atoms with Crippen LogP contribution in [0.5, 0.6) is 0 Å². The van der Waals surface area contributed by atoms with Crippen LogP contribution in [0, 0.1) is 5.92 Å². The third kappa shape index (κ3) is 8.05. The average molecular weight is 231 g/mol. The van der Waals surface area contributed by atoms with Gasteiger partial charge >= 0.3 is 0 Å². The Balaban J connectivity index is 1.79. The number of aliphatic hydroxyl groups is 1. The Kier molecular flexibility index (Phi) is 6.96. The van der Waals surface area contributed by atoms with E-state index in [1.165, 1.54) is 12.8 Å². The Morgan fingerprint density at radius 2 is 2.12 bits per heavy atom. The van der Waals surface area contributed by atoms with Crippen LogP contribution in [-0.2, 0) is 9.47 Å². The molecule has 4 heteroatoms. The van der Waals surface area contributed by atoms with Gasteiger partial charge in [-0.15, -0.1) is 0 Å². The molecule has 0 saturated heterocycles. The number of nitrogens with one attached hydrogen (secondary N) is 1. The van der Waals surface area contributed by atoms with Crippen molar-refractivity contribution in [1.29, 1.82) is 0 Å². The molecule has 16 heavy (non-hydrogen) atoms. The van der Waals surface area contributed by atoms with E-state index in [2.05, 4.69) is 5.32 Å². The molecule has 1 rings (SSSR count). The van der Waals surface area contributed by atoms with Crippen molar-refractivity contribution in [3.8, 4) is 0 Å². The highest BCUT2D eigenvalue weighted by atomic mass is 16.5. The molecule has 0 spiro atoms. The Hall–Kier alpha value is -0.160. The minimum Gasteiger partial charge on any atom is -0.389 e. The van der Waals surface area contributed by atoms with Gasteiger partial charge in [0.25, 0.3) is 0 Å². The third-order valence-electron chi connectivity index (χ3n) is 2.47. The summed E-state index contributed by atoms with van der Waals surface area (Å²) in [6, 6.07) is 0. The van der Waals surface area contributed by atoms with Gasteiger partial charge in [0.1, 0.15) is 0 Å². The Morgan fingerprint density at radius 3 is 2.75 bits per heavy atom. The van der Waals surface area contributed by atoms with Gasteiger partial charge in [0.15, 0.2) is 0 Å². The normalized spacial score (nSPS) is 18.0. The second-order valence-electron chi connectivity index (χ2n) is 4.76. The predicted molar refractivity (Wildman–Crippen MR) is 63.5 cm³/mol. The van der Waals surface area contributed by atoms with Gasteiger partial charge in [-0.25, -0.2) is 0 Å². The van der Waals surface area contributed by atoms with Crippen molar-refractivity contribution in [2.75, 3.05) is 32.9 Å². The van der Waals surface area contributed by atoms with E-state index in [1.807, 2.05) is 13.8 Å². The van der Waals surface area contributed by atoms with Crippen LogP contribution in [0.2, 0.25) is 0 Å². The van der Waals surface area contributed by atoms with Crippen LogP contribution in [-0.4, -0.2) is 50.2 Å². The number of ether oxygens (including phenoxy) is 2. The molecule has 4 nitrogen and oxygen atoms in total. The second-order valence-corrected chi connectivity index (χ2v) is 4.76. The van der Waals surface area contributed by atoms with Crippen LogP contribution in [0.15, 0.2) is 0 Å². The summed E-state index contributed by atoms with van der Waals surface area (Å²) in [5.41, 5.74) is 0. The zero-order chi connectivity index (χ0) is 11.8. The van der Waals surface area contributed by atoms with Crippen molar-refractivity contribution in [1.82, 2.24) is 5.32 Å². The summed E-state index contributed by atoms with van der Waals surface area (Å²) >= 11 is 0. The quantitative estimate of drug-likeness (QED) is 0.546. The maximum Gasteiger partial charge on any atom is 0.0897 e. The Bertz CT molecular complexity index is 172. The number of hydrogen-bond donors (Lipinski definition) is 2. The van der Waals surface area contributed by atoms with Crippen molar-refractivity contribution >= 4 is 0 Å². The molecule has 0 heterocycles. The van der Waals surface area contributed by atoms with E-state index in [0.29, 0.717) is 19.8 Å². The molecule has 1 fully saturated rings. The van der Waals surface area contributed by atoms with Crippen molar-refractivity contribution in [2.45, 2.75) is 38.9 Å². The molecule has 0 radical (unpaired) electrons. The van der Waals surface area contributed by atoms with Crippen LogP contribution in [0.3, 0.4) is 0 Å². The van der Waals surface area contributed by atoms with Crippen molar-refractivity contribution in [3.05, 3.63) is 0 Å². The smallest absolute Gasteiger partial charge is 0.0897 e. The lowest BCUT2D eigenvalue weighted by Crippen LogP contribution is -2.33. The molecule has 0 aromatic heterocycles. The summed E-state index contributed by atoms with van der Waals surface area (Å²) in [4.78, 5) is 0. The molecule has 1 unspecified atom stereocenters. The molecular weight excluding hydrogens is 206 g/mol. The van der Waals surface area contributed by atoms with E-state index in [1.54, 1.807) is 0 Å². The van der Waals surface area contributed by atoms with Gasteiger partial charge < -0.3 is 19.9 Å². The summed E-state index contributed by atoms with van der Waals surface area (Å²) in [6.07, 6.45) is 2.45. The first-order valence-corrected chi connectivity index (χ1v) is 6.26. The largest absolute Gasteiger partial charge is 0.389 e. The standard InChI is InChI=1S/C12H25NO3/c1-10(2)16-6-5-13-7-12(14)9-15-8-11-3-4-11/h10-14H,3-9H2,1-2H3. The Labute approximate surface area is 98.3 Å². The highest BCUT2D eigenvalue weighted by Gasteiger charge is 2.21. The fourth-order valence-electron chi connectivity index (χ4n) is 1.35. The van der Waals surface area contributed by atoms with E-state index in [4.69, 9.17) is 9.47 Å². The van der Waals surface area contributed by atoms with Crippen LogP contribution < -0.4 is 5.32 Å². The Morgan fingerprint density at radius 1 is 1.38 bits per heavy atom. The monoisotopic (exact) mass is 231 g/mol. The topological polar surface area (TPSA) is 50.7 Å². The first-order valence-electron chi connectivity index (χ1n) is 6.26. The third-order valence-corrected chi connectivity index (χ3v) is 2.47. The van der Waals surface area contributed by atoms with Crippen molar-refractivity contribution in [2.24, 2.45) is 5.92 Å². The van der Waals surface area contributed by atoms with Gasteiger partial charge in [-0.1, -0.05) is 0 Å². The minimum atomic E-state index is -0.405. The van der Waals surface area contributed by atoms with Gasteiger partial charge in [0, 0.05) is 19.7 Å². The summed E-state index contributed by atoms with van der Waals surface area (Å²) < 4.78 is 10.8. The van der Waals surface area contributed by atoms with Crippen LogP contribution in [0.1, 0.15) is 26.7 Å². The van der Waals surface area contributed by atoms with E-state index >= 15 is 0 Å². The van der Waals surface area contributed by atoms with E-state index in [0.717, 1.165) is 19.1 Å². The molecule has 0 aromatic carbocycles. The molecule has 1 saturated carbocycles. The summed E-state index contributed by atoms with van der Waals surface area (Å²) in [7, 11) is 0. The van der Waals surface area contributed by atoms with Crippen LogP contribution >= 0.6 is 0 Å². The molecule has 1 atom stereocenters.